The highest BCUT2D eigenvalue weighted by Crippen LogP contribution is 2.15. The molecule has 0 unspecified atom stereocenters. The average Bonchev–Trinajstić information content (AvgIpc) is 3.19. The number of rotatable bonds is 5. The van der Waals surface area contributed by atoms with Gasteiger partial charge in [-0.2, -0.15) is 0 Å². The van der Waals surface area contributed by atoms with Crippen LogP contribution in [0.1, 0.15) is 34.9 Å². The lowest BCUT2D eigenvalue weighted by Crippen LogP contribution is -2.22. The van der Waals surface area contributed by atoms with Gasteiger partial charge in [0.1, 0.15) is 11.5 Å². The Kier molecular flexibility index (Phi) is 3.87. The molecule has 0 atom stereocenters. The minimum absolute atomic E-state index is 0.214. The van der Waals surface area contributed by atoms with Crippen molar-refractivity contribution in [3.63, 3.8) is 0 Å². The Labute approximate surface area is 117 Å². The van der Waals surface area contributed by atoms with Crippen molar-refractivity contribution in [1.29, 1.82) is 0 Å². The van der Waals surface area contributed by atoms with Crippen LogP contribution in [-0.4, -0.2) is 23.9 Å². The molecule has 2 aromatic heterocycles. The summed E-state index contributed by atoms with van der Waals surface area (Å²) in [6.07, 6.45) is 4.08. The summed E-state index contributed by atoms with van der Waals surface area (Å²) in [7, 11) is 0. The Morgan fingerprint density at radius 3 is 2.80 bits per heavy atom. The fourth-order valence-corrected chi connectivity index (χ4v) is 2.41. The first kappa shape index (κ1) is 13.0. The van der Waals surface area contributed by atoms with Crippen LogP contribution >= 0.6 is 0 Å². The third-order valence-corrected chi connectivity index (χ3v) is 3.47. The van der Waals surface area contributed by atoms with E-state index < -0.39 is 0 Å². The molecule has 1 fully saturated rings. The van der Waals surface area contributed by atoms with Crippen molar-refractivity contribution in [1.82, 2.24) is 10.2 Å². The van der Waals surface area contributed by atoms with Crippen molar-refractivity contribution in [3.8, 4) is 0 Å². The van der Waals surface area contributed by atoms with Gasteiger partial charge in [-0.3, -0.25) is 9.69 Å². The summed E-state index contributed by atoms with van der Waals surface area (Å²) in [4.78, 5) is 14.3. The molecule has 1 saturated heterocycles. The van der Waals surface area contributed by atoms with Crippen molar-refractivity contribution in [3.05, 3.63) is 47.8 Å². The summed E-state index contributed by atoms with van der Waals surface area (Å²) >= 11 is 0. The highest BCUT2D eigenvalue weighted by Gasteiger charge is 2.16. The predicted octanol–water partition coefficient (Wildman–Crippen LogP) is 2.40. The maximum absolute atomic E-state index is 11.9. The van der Waals surface area contributed by atoms with E-state index in [1.807, 2.05) is 12.1 Å². The second kappa shape index (κ2) is 5.96. The number of carbonyl (C=O) groups is 1. The van der Waals surface area contributed by atoms with E-state index in [0.717, 1.165) is 31.2 Å². The van der Waals surface area contributed by atoms with Gasteiger partial charge in [0, 0.05) is 0 Å². The van der Waals surface area contributed by atoms with Gasteiger partial charge in [-0.25, -0.2) is 0 Å². The molecule has 5 heteroatoms. The van der Waals surface area contributed by atoms with Crippen molar-refractivity contribution >= 4 is 5.91 Å². The molecule has 5 nitrogen and oxygen atoms in total. The summed E-state index contributed by atoms with van der Waals surface area (Å²) in [6, 6.07) is 7.22. The fraction of sp³-hybridized carbons (Fsp3) is 0.400. The van der Waals surface area contributed by atoms with Gasteiger partial charge in [-0.1, -0.05) is 0 Å². The zero-order valence-electron chi connectivity index (χ0n) is 11.3. The molecule has 0 radical (unpaired) electrons. The van der Waals surface area contributed by atoms with E-state index in [1.54, 1.807) is 18.4 Å². The molecule has 1 amide bonds. The van der Waals surface area contributed by atoms with Gasteiger partial charge in [0.2, 0.25) is 0 Å². The first-order chi connectivity index (χ1) is 9.81. The molecule has 1 aliphatic heterocycles. The number of carbonyl (C=O) groups excluding carboxylic acids is 1. The van der Waals surface area contributed by atoms with E-state index in [1.165, 1.54) is 12.8 Å². The average molecular weight is 274 g/mol. The maximum Gasteiger partial charge on any atom is 0.287 e. The van der Waals surface area contributed by atoms with Crippen LogP contribution in [0.2, 0.25) is 0 Å². The minimum atomic E-state index is -0.214. The predicted molar refractivity (Wildman–Crippen MR) is 73.1 cm³/mol. The van der Waals surface area contributed by atoms with Crippen LogP contribution in [0, 0.1) is 0 Å². The molecule has 20 heavy (non-hydrogen) atoms. The monoisotopic (exact) mass is 274 g/mol. The zero-order chi connectivity index (χ0) is 13.8. The van der Waals surface area contributed by atoms with E-state index in [0.29, 0.717) is 12.3 Å². The van der Waals surface area contributed by atoms with Gasteiger partial charge in [0.05, 0.1) is 19.4 Å². The van der Waals surface area contributed by atoms with Gasteiger partial charge >= 0.3 is 0 Å². The second-order valence-electron chi connectivity index (χ2n) is 5.01. The van der Waals surface area contributed by atoms with Gasteiger partial charge < -0.3 is 14.2 Å². The number of nitrogens with zero attached hydrogens (tertiary/aromatic N) is 1. The van der Waals surface area contributed by atoms with Gasteiger partial charge in [0.15, 0.2) is 5.76 Å². The van der Waals surface area contributed by atoms with Crippen LogP contribution in [0.3, 0.4) is 0 Å². The molecular formula is C15H18N2O3. The lowest BCUT2D eigenvalue weighted by Gasteiger charge is -2.11. The van der Waals surface area contributed by atoms with E-state index in [2.05, 4.69) is 10.2 Å². The van der Waals surface area contributed by atoms with E-state index in [9.17, 15) is 4.79 Å². The Morgan fingerprint density at radius 1 is 1.20 bits per heavy atom. The number of hydrogen-bond acceptors (Lipinski definition) is 4. The first-order valence-electron chi connectivity index (χ1n) is 6.93. The Hall–Kier alpha value is -2.01. The first-order valence-corrected chi connectivity index (χ1v) is 6.93. The van der Waals surface area contributed by atoms with Crippen LogP contribution in [-0.2, 0) is 13.1 Å². The minimum Gasteiger partial charge on any atom is -0.467 e. The smallest absolute Gasteiger partial charge is 0.287 e. The molecule has 3 rings (SSSR count). The van der Waals surface area contributed by atoms with Crippen LogP contribution in [0.5, 0.6) is 0 Å². The van der Waals surface area contributed by atoms with E-state index in [4.69, 9.17) is 8.83 Å². The van der Waals surface area contributed by atoms with Gasteiger partial charge in [0.25, 0.3) is 5.91 Å². The molecule has 1 aliphatic rings. The van der Waals surface area contributed by atoms with Gasteiger partial charge in [-0.15, -0.1) is 0 Å². The van der Waals surface area contributed by atoms with Crippen LogP contribution in [0.15, 0.2) is 39.4 Å². The van der Waals surface area contributed by atoms with Crippen molar-refractivity contribution in [2.75, 3.05) is 13.1 Å². The molecule has 0 aromatic carbocycles. The summed E-state index contributed by atoms with van der Waals surface area (Å²) in [5.41, 5.74) is 0. The highest BCUT2D eigenvalue weighted by molar-refractivity contribution is 5.91. The SMILES string of the molecule is O=C(NCc1ccco1)c1ccc(CN2CCCC2)o1. The number of amides is 1. The number of nitrogens with one attached hydrogen (secondary N) is 1. The maximum atomic E-state index is 11.9. The van der Waals surface area contributed by atoms with Crippen LogP contribution in [0.25, 0.3) is 0 Å². The lowest BCUT2D eigenvalue weighted by molar-refractivity contribution is 0.0917. The quantitative estimate of drug-likeness (QED) is 0.909. The fourth-order valence-electron chi connectivity index (χ4n) is 2.41. The molecule has 1 N–H and O–H groups in total. The normalized spacial score (nSPS) is 15.6. The third-order valence-electron chi connectivity index (χ3n) is 3.47. The van der Waals surface area contributed by atoms with Crippen molar-refractivity contribution in [2.24, 2.45) is 0 Å². The number of likely N-dealkylation sites (tertiary alicyclic amines) is 1. The third kappa shape index (κ3) is 3.11. The molecule has 2 aromatic rings. The van der Waals surface area contributed by atoms with E-state index >= 15 is 0 Å². The molecule has 3 heterocycles. The Bertz CT molecular complexity index is 553. The largest absolute Gasteiger partial charge is 0.467 e. The Balaban J connectivity index is 1.54. The summed E-state index contributed by atoms with van der Waals surface area (Å²) < 4.78 is 10.8. The summed E-state index contributed by atoms with van der Waals surface area (Å²) in [5, 5.41) is 2.77. The number of furan rings is 2. The standard InChI is InChI=1S/C15H18N2O3/c18-15(16-10-12-4-3-9-19-12)14-6-5-13(20-14)11-17-7-1-2-8-17/h3-6,9H,1-2,7-8,10-11H2,(H,16,18). The zero-order valence-corrected chi connectivity index (χ0v) is 11.3. The van der Waals surface area contributed by atoms with Crippen molar-refractivity contribution < 1.29 is 13.6 Å². The van der Waals surface area contributed by atoms with Crippen molar-refractivity contribution in [2.45, 2.75) is 25.9 Å². The van der Waals surface area contributed by atoms with Crippen LogP contribution < -0.4 is 5.32 Å². The lowest BCUT2D eigenvalue weighted by atomic mass is 10.3. The van der Waals surface area contributed by atoms with Gasteiger partial charge in [-0.05, 0) is 50.2 Å². The molecule has 0 saturated carbocycles. The molecule has 0 bridgehead atoms. The van der Waals surface area contributed by atoms with Crippen LogP contribution in [0.4, 0.5) is 0 Å². The molecule has 0 spiro atoms. The topological polar surface area (TPSA) is 58.6 Å². The summed E-state index contributed by atoms with van der Waals surface area (Å²) in [6.45, 7) is 3.38. The Morgan fingerprint density at radius 2 is 2.05 bits per heavy atom. The molecular weight excluding hydrogens is 256 g/mol. The van der Waals surface area contributed by atoms with E-state index in [-0.39, 0.29) is 5.91 Å². The highest BCUT2D eigenvalue weighted by atomic mass is 16.4. The summed E-state index contributed by atoms with van der Waals surface area (Å²) in [5.74, 6) is 1.71. The number of hydrogen-bond donors (Lipinski definition) is 1. The molecule has 0 aliphatic carbocycles. The second-order valence-corrected chi connectivity index (χ2v) is 5.01. The molecule has 106 valence electrons.